The first kappa shape index (κ1) is 9.58. The van der Waals surface area contributed by atoms with Crippen LogP contribution >= 0.6 is 0 Å². The molecule has 2 aromatic heterocycles. The molecule has 1 aliphatic rings. The Morgan fingerprint density at radius 3 is 2.88 bits per heavy atom. The Bertz CT molecular complexity index is 487. The van der Waals surface area contributed by atoms with Gasteiger partial charge in [-0.15, -0.1) is 0 Å². The van der Waals surface area contributed by atoms with Crippen molar-refractivity contribution >= 4 is 0 Å². The number of hydrogen-bond donors (Lipinski definition) is 0. The van der Waals surface area contributed by atoms with E-state index in [-0.39, 0.29) is 0 Å². The van der Waals surface area contributed by atoms with Crippen molar-refractivity contribution in [1.29, 1.82) is 0 Å². The van der Waals surface area contributed by atoms with Gasteiger partial charge in [0.25, 0.3) is 0 Å². The van der Waals surface area contributed by atoms with Gasteiger partial charge < -0.3 is 4.57 Å². The number of aromatic nitrogens is 3. The monoisotopic (exact) mass is 213 g/mol. The van der Waals surface area contributed by atoms with E-state index in [1.165, 1.54) is 18.7 Å². The van der Waals surface area contributed by atoms with Gasteiger partial charge in [0.2, 0.25) is 0 Å². The Balaban J connectivity index is 2.05. The molecule has 3 rings (SSSR count). The molecular weight excluding hydrogens is 198 g/mol. The number of nitrogens with zero attached hydrogens (tertiary/aromatic N) is 3. The Hall–Kier alpha value is -1.64. The van der Waals surface area contributed by atoms with Crippen molar-refractivity contribution in [3.05, 3.63) is 36.5 Å². The van der Waals surface area contributed by atoms with Gasteiger partial charge in [0.05, 0.1) is 5.69 Å². The first-order valence-corrected chi connectivity index (χ1v) is 5.82. The van der Waals surface area contributed by atoms with E-state index in [1.807, 2.05) is 24.5 Å². The van der Waals surface area contributed by atoms with E-state index in [2.05, 4.69) is 22.7 Å². The summed E-state index contributed by atoms with van der Waals surface area (Å²) in [5.74, 6) is 1.82. The molecule has 16 heavy (non-hydrogen) atoms. The summed E-state index contributed by atoms with van der Waals surface area (Å²) in [6, 6.07) is 4.03. The predicted octanol–water partition coefficient (Wildman–Crippen LogP) is 2.84. The highest BCUT2D eigenvalue weighted by Gasteiger charge is 2.19. The first-order chi connectivity index (χ1) is 7.84. The third kappa shape index (κ3) is 1.52. The molecule has 3 nitrogen and oxygen atoms in total. The molecule has 3 heterocycles. The maximum absolute atomic E-state index is 4.74. The van der Waals surface area contributed by atoms with Crippen LogP contribution in [0.4, 0.5) is 0 Å². The fourth-order valence-electron chi connectivity index (χ4n) is 2.36. The van der Waals surface area contributed by atoms with E-state index in [0.29, 0.717) is 5.92 Å². The predicted molar refractivity (Wildman–Crippen MR) is 63.1 cm³/mol. The molecule has 0 unspecified atom stereocenters. The zero-order valence-corrected chi connectivity index (χ0v) is 9.43. The van der Waals surface area contributed by atoms with Crippen LogP contribution in [0.5, 0.6) is 0 Å². The fourth-order valence-corrected chi connectivity index (χ4v) is 2.36. The minimum absolute atomic E-state index is 0.587. The van der Waals surface area contributed by atoms with Gasteiger partial charge in [0.15, 0.2) is 0 Å². The van der Waals surface area contributed by atoms with E-state index < -0.39 is 0 Å². The van der Waals surface area contributed by atoms with E-state index in [9.17, 15) is 0 Å². The van der Waals surface area contributed by atoms with Crippen LogP contribution < -0.4 is 0 Å². The number of imidazole rings is 1. The molecule has 0 aliphatic carbocycles. The summed E-state index contributed by atoms with van der Waals surface area (Å²) in [4.78, 5) is 8.77. The minimum atomic E-state index is 0.587. The SMILES string of the molecule is C[C@H]1CCCn2cc(-c3ccncc3)nc21. The molecule has 2 aromatic rings. The van der Waals surface area contributed by atoms with Crippen LogP contribution in [0.3, 0.4) is 0 Å². The highest BCUT2D eigenvalue weighted by Crippen LogP contribution is 2.28. The number of fused-ring (bicyclic) bond motifs is 1. The lowest BCUT2D eigenvalue weighted by molar-refractivity contribution is 0.463. The fraction of sp³-hybridized carbons (Fsp3) is 0.385. The topological polar surface area (TPSA) is 30.7 Å². The molecule has 3 heteroatoms. The van der Waals surface area contributed by atoms with Crippen LogP contribution in [0.2, 0.25) is 0 Å². The van der Waals surface area contributed by atoms with Crippen molar-refractivity contribution in [2.45, 2.75) is 32.2 Å². The Morgan fingerprint density at radius 1 is 1.31 bits per heavy atom. The third-order valence-corrected chi connectivity index (χ3v) is 3.26. The second kappa shape index (κ2) is 3.74. The number of pyridine rings is 1. The normalized spacial score (nSPS) is 19.4. The van der Waals surface area contributed by atoms with Crippen molar-refractivity contribution in [3.8, 4) is 11.3 Å². The number of aryl methyl sites for hydroxylation is 1. The minimum Gasteiger partial charge on any atom is -0.334 e. The van der Waals surface area contributed by atoms with E-state index >= 15 is 0 Å². The van der Waals surface area contributed by atoms with Crippen LogP contribution in [-0.2, 0) is 6.54 Å². The highest BCUT2D eigenvalue weighted by atomic mass is 15.1. The first-order valence-electron chi connectivity index (χ1n) is 5.82. The molecule has 0 saturated heterocycles. The van der Waals surface area contributed by atoms with E-state index in [1.54, 1.807) is 0 Å². The maximum atomic E-state index is 4.74. The Kier molecular flexibility index (Phi) is 2.24. The molecule has 0 saturated carbocycles. The van der Waals surface area contributed by atoms with Crippen LogP contribution in [0.15, 0.2) is 30.7 Å². The van der Waals surface area contributed by atoms with Crippen LogP contribution in [-0.4, -0.2) is 14.5 Å². The molecule has 0 aromatic carbocycles. The van der Waals surface area contributed by atoms with Crippen molar-refractivity contribution in [2.75, 3.05) is 0 Å². The van der Waals surface area contributed by atoms with Crippen molar-refractivity contribution in [2.24, 2.45) is 0 Å². The Morgan fingerprint density at radius 2 is 2.12 bits per heavy atom. The lowest BCUT2D eigenvalue weighted by Gasteiger charge is -2.19. The van der Waals surface area contributed by atoms with E-state index in [4.69, 9.17) is 4.98 Å². The highest BCUT2D eigenvalue weighted by molar-refractivity contribution is 5.57. The maximum Gasteiger partial charge on any atom is 0.112 e. The summed E-state index contributed by atoms with van der Waals surface area (Å²) < 4.78 is 2.30. The van der Waals surface area contributed by atoms with Gasteiger partial charge in [-0.25, -0.2) is 4.98 Å². The smallest absolute Gasteiger partial charge is 0.112 e. The standard InChI is InChI=1S/C13H15N3/c1-10-3-2-8-16-9-12(15-13(10)16)11-4-6-14-7-5-11/h4-7,9-10H,2-3,8H2,1H3/t10-/m0/s1. The zero-order chi connectivity index (χ0) is 11.0. The summed E-state index contributed by atoms with van der Waals surface area (Å²) in [5.41, 5.74) is 2.23. The van der Waals surface area contributed by atoms with Gasteiger partial charge in [-0.3, -0.25) is 4.98 Å². The largest absolute Gasteiger partial charge is 0.334 e. The van der Waals surface area contributed by atoms with Gasteiger partial charge >= 0.3 is 0 Å². The van der Waals surface area contributed by atoms with Crippen LogP contribution in [0.25, 0.3) is 11.3 Å². The van der Waals surface area contributed by atoms with Gasteiger partial charge in [0, 0.05) is 36.6 Å². The number of hydrogen-bond acceptors (Lipinski definition) is 2. The molecular formula is C13H15N3. The summed E-state index contributed by atoms with van der Waals surface area (Å²) in [5, 5.41) is 0. The summed E-state index contributed by atoms with van der Waals surface area (Å²) in [6.45, 7) is 3.37. The van der Waals surface area contributed by atoms with Crippen LogP contribution in [0, 0.1) is 0 Å². The van der Waals surface area contributed by atoms with Crippen molar-refractivity contribution < 1.29 is 0 Å². The van der Waals surface area contributed by atoms with Gasteiger partial charge in [0.1, 0.15) is 5.82 Å². The Labute approximate surface area is 95.2 Å². The van der Waals surface area contributed by atoms with Gasteiger partial charge in [-0.2, -0.15) is 0 Å². The van der Waals surface area contributed by atoms with Crippen molar-refractivity contribution in [3.63, 3.8) is 0 Å². The number of rotatable bonds is 1. The zero-order valence-electron chi connectivity index (χ0n) is 9.43. The molecule has 0 radical (unpaired) electrons. The molecule has 0 N–H and O–H groups in total. The molecule has 0 amide bonds. The molecule has 0 bridgehead atoms. The average molecular weight is 213 g/mol. The third-order valence-electron chi connectivity index (χ3n) is 3.26. The van der Waals surface area contributed by atoms with Crippen LogP contribution in [0.1, 0.15) is 31.5 Å². The average Bonchev–Trinajstić information content (AvgIpc) is 2.76. The second-order valence-electron chi connectivity index (χ2n) is 4.46. The summed E-state index contributed by atoms with van der Waals surface area (Å²) in [7, 11) is 0. The van der Waals surface area contributed by atoms with Gasteiger partial charge in [-0.1, -0.05) is 6.92 Å². The van der Waals surface area contributed by atoms with Gasteiger partial charge in [-0.05, 0) is 25.0 Å². The quantitative estimate of drug-likeness (QED) is 0.729. The van der Waals surface area contributed by atoms with E-state index in [0.717, 1.165) is 17.8 Å². The molecule has 0 fully saturated rings. The molecule has 1 aliphatic heterocycles. The van der Waals surface area contributed by atoms with Crippen molar-refractivity contribution in [1.82, 2.24) is 14.5 Å². The second-order valence-corrected chi connectivity index (χ2v) is 4.46. The lowest BCUT2D eigenvalue weighted by Crippen LogP contribution is -2.12. The molecule has 82 valence electrons. The lowest BCUT2D eigenvalue weighted by atomic mass is 10.0. The summed E-state index contributed by atoms with van der Waals surface area (Å²) in [6.07, 6.45) is 8.32. The summed E-state index contributed by atoms with van der Waals surface area (Å²) >= 11 is 0. The molecule has 1 atom stereocenters. The molecule has 0 spiro atoms.